The van der Waals surface area contributed by atoms with Crippen LogP contribution in [-0.4, -0.2) is 25.0 Å². The Morgan fingerprint density at radius 1 is 1.21 bits per heavy atom. The van der Waals surface area contributed by atoms with Gasteiger partial charge in [0.25, 0.3) is 0 Å². The van der Waals surface area contributed by atoms with Gasteiger partial charge in [0.05, 0.1) is 6.04 Å². The molecule has 0 aliphatic heterocycles. The first-order chi connectivity index (χ1) is 9.12. The van der Waals surface area contributed by atoms with Crippen LogP contribution in [0.15, 0.2) is 24.3 Å². The van der Waals surface area contributed by atoms with Crippen LogP contribution in [0.3, 0.4) is 0 Å². The largest absolute Gasteiger partial charge is 0.372 e. The van der Waals surface area contributed by atoms with Gasteiger partial charge < -0.3 is 16.0 Å². The number of carbonyl (C=O) groups excluding carboxylic acids is 1. The highest BCUT2D eigenvalue weighted by atomic mass is 16.2. The van der Waals surface area contributed by atoms with E-state index in [0.29, 0.717) is 6.42 Å². The fourth-order valence-corrected chi connectivity index (χ4v) is 2.02. The summed E-state index contributed by atoms with van der Waals surface area (Å²) in [6, 6.07) is 7.46. The van der Waals surface area contributed by atoms with Crippen molar-refractivity contribution >= 4 is 17.3 Å². The number of carbonyl (C=O) groups is 1. The summed E-state index contributed by atoms with van der Waals surface area (Å²) >= 11 is 0. The van der Waals surface area contributed by atoms with Gasteiger partial charge in [0.1, 0.15) is 0 Å². The molecule has 0 aliphatic carbocycles. The summed E-state index contributed by atoms with van der Waals surface area (Å²) in [5.41, 5.74) is 7.74. The van der Waals surface area contributed by atoms with Crippen molar-refractivity contribution < 1.29 is 4.79 Å². The lowest BCUT2D eigenvalue weighted by Crippen LogP contribution is -2.35. The average molecular weight is 263 g/mol. The Morgan fingerprint density at radius 2 is 1.79 bits per heavy atom. The Labute approximate surface area is 116 Å². The van der Waals surface area contributed by atoms with Crippen LogP contribution < -0.4 is 16.0 Å². The molecule has 1 aromatic carbocycles. The van der Waals surface area contributed by atoms with Crippen LogP contribution in [0.2, 0.25) is 0 Å². The molecule has 1 atom stereocenters. The smallest absolute Gasteiger partial charge is 0.241 e. The van der Waals surface area contributed by atoms with Crippen LogP contribution in [0.5, 0.6) is 0 Å². The molecule has 0 fully saturated rings. The molecule has 0 radical (unpaired) electrons. The number of nitrogens with one attached hydrogen (secondary N) is 1. The quantitative estimate of drug-likeness (QED) is 0.795. The molecule has 4 heteroatoms. The van der Waals surface area contributed by atoms with Gasteiger partial charge in [0.2, 0.25) is 5.91 Å². The molecule has 106 valence electrons. The zero-order valence-electron chi connectivity index (χ0n) is 12.1. The first-order valence-electron chi connectivity index (χ1n) is 7.03. The Morgan fingerprint density at radius 3 is 2.26 bits per heavy atom. The predicted octanol–water partition coefficient (Wildman–Crippen LogP) is 2.60. The fourth-order valence-electron chi connectivity index (χ4n) is 2.02. The summed E-state index contributed by atoms with van der Waals surface area (Å²) < 4.78 is 0. The van der Waals surface area contributed by atoms with E-state index in [1.165, 1.54) is 5.69 Å². The van der Waals surface area contributed by atoms with Crippen LogP contribution in [0.4, 0.5) is 11.4 Å². The lowest BCUT2D eigenvalue weighted by molar-refractivity contribution is -0.117. The number of anilines is 2. The minimum Gasteiger partial charge on any atom is -0.372 e. The number of rotatable bonds is 7. The van der Waals surface area contributed by atoms with Gasteiger partial charge in [-0.1, -0.05) is 13.3 Å². The lowest BCUT2D eigenvalue weighted by Gasteiger charge is -2.21. The van der Waals surface area contributed by atoms with Crippen molar-refractivity contribution in [1.82, 2.24) is 0 Å². The summed E-state index contributed by atoms with van der Waals surface area (Å²) in [5, 5.41) is 2.85. The summed E-state index contributed by atoms with van der Waals surface area (Å²) in [6.45, 7) is 8.23. The second-order valence-electron chi connectivity index (χ2n) is 4.60. The maximum atomic E-state index is 11.8. The molecular weight excluding hydrogens is 238 g/mol. The normalized spacial score (nSPS) is 12.0. The zero-order chi connectivity index (χ0) is 14.3. The fraction of sp³-hybridized carbons (Fsp3) is 0.533. The van der Waals surface area contributed by atoms with Crippen LogP contribution >= 0.6 is 0 Å². The molecule has 0 aromatic heterocycles. The number of nitrogens with two attached hydrogens (primary N) is 1. The molecule has 1 aromatic rings. The van der Waals surface area contributed by atoms with E-state index in [1.54, 1.807) is 0 Å². The molecule has 19 heavy (non-hydrogen) atoms. The minimum absolute atomic E-state index is 0.113. The SMILES string of the molecule is CCC[C@@H](N)C(=O)Nc1ccc(N(CC)CC)cc1. The first kappa shape index (κ1) is 15.5. The third-order valence-corrected chi connectivity index (χ3v) is 3.20. The van der Waals surface area contributed by atoms with Gasteiger partial charge in [0.15, 0.2) is 0 Å². The van der Waals surface area contributed by atoms with Crippen molar-refractivity contribution in [1.29, 1.82) is 0 Å². The molecule has 0 aliphatic rings. The van der Waals surface area contributed by atoms with Crippen molar-refractivity contribution in [2.75, 3.05) is 23.3 Å². The number of benzene rings is 1. The van der Waals surface area contributed by atoms with Crippen molar-refractivity contribution in [2.24, 2.45) is 5.73 Å². The van der Waals surface area contributed by atoms with Gasteiger partial charge in [-0.3, -0.25) is 4.79 Å². The number of nitrogens with zero attached hydrogens (tertiary/aromatic N) is 1. The summed E-state index contributed by atoms with van der Waals surface area (Å²) in [5.74, 6) is -0.113. The van der Waals surface area contributed by atoms with E-state index in [9.17, 15) is 4.79 Å². The number of amides is 1. The highest BCUT2D eigenvalue weighted by Crippen LogP contribution is 2.17. The van der Waals surface area contributed by atoms with E-state index in [4.69, 9.17) is 5.73 Å². The molecule has 0 saturated carbocycles. The van der Waals surface area contributed by atoms with Crippen LogP contribution in [-0.2, 0) is 4.79 Å². The molecule has 1 rings (SSSR count). The maximum absolute atomic E-state index is 11.8. The van der Waals surface area contributed by atoms with Crippen molar-refractivity contribution in [3.05, 3.63) is 24.3 Å². The maximum Gasteiger partial charge on any atom is 0.241 e. The Balaban J connectivity index is 2.64. The van der Waals surface area contributed by atoms with Crippen LogP contribution in [0, 0.1) is 0 Å². The Kier molecular flexibility index (Phi) is 6.36. The summed E-state index contributed by atoms with van der Waals surface area (Å²) in [6.07, 6.45) is 1.62. The number of hydrogen-bond donors (Lipinski definition) is 2. The number of hydrogen-bond acceptors (Lipinski definition) is 3. The molecule has 3 N–H and O–H groups in total. The Bertz CT molecular complexity index is 385. The van der Waals surface area contributed by atoms with E-state index in [1.807, 2.05) is 31.2 Å². The van der Waals surface area contributed by atoms with Gasteiger partial charge in [-0.05, 0) is 44.5 Å². The molecule has 0 bridgehead atoms. The standard InChI is InChI=1S/C15H25N3O/c1-4-7-14(16)15(19)17-12-8-10-13(11-9-12)18(5-2)6-3/h8-11,14H,4-7,16H2,1-3H3,(H,17,19)/t14-/m1/s1. The summed E-state index contributed by atoms with van der Waals surface area (Å²) in [4.78, 5) is 14.0. The highest BCUT2D eigenvalue weighted by molar-refractivity contribution is 5.94. The van der Waals surface area contributed by atoms with Crippen LogP contribution in [0.1, 0.15) is 33.6 Å². The first-order valence-corrected chi connectivity index (χ1v) is 7.03. The van der Waals surface area contributed by atoms with E-state index >= 15 is 0 Å². The van der Waals surface area contributed by atoms with Crippen molar-refractivity contribution in [3.8, 4) is 0 Å². The topological polar surface area (TPSA) is 58.4 Å². The Hall–Kier alpha value is -1.55. The van der Waals surface area contributed by atoms with E-state index in [-0.39, 0.29) is 5.91 Å². The molecule has 4 nitrogen and oxygen atoms in total. The van der Waals surface area contributed by atoms with Crippen LogP contribution in [0.25, 0.3) is 0 Å². The third-order valence-electron chi connectivity index (χ3n) is 3.20. The lowest BCUT2D eigenvalue weighted by atomic mass is 10.1. The summed E-state index contributed by atoms with van der Waals surface area (Å²) in [7, 11) is 0. The second kappa shape index (κ2) is 7.79. The molecule has 1 amide bonds. The van der Waals surface area contributed by atoms with E-state index in [2.05, 4.69) is 24.1 Å². The van der Waals surface area contributed by atoms with Crippen molar-refractivity contribution in [2.45, 2.75) is 39.7 Å². The van der Waals surface area contributed by atoms with Gasteiger partial charge in [-0.15, -0.1) is 0 Å². The van der Waals surface area contributed by atoms with E-state index < -0.39 is 6.04 Å². The van der Waals surface area contributed by atoms with E-state index in [0.717, 1.165) is 25.2 Å². The predicted molar refractivity (Wildman–Crippen MR) is 81.5 cm³/mol. The minimum atomic E-state index is -0.424. The molecule has 0 heterocycles. The monoisotopic (exact) mass is 263 g/mol. The van der Waals surface area contributed by atoms with Gasteiger partial charge in [0, 0.05) is 24.5 Å². The third kappa shape index (κ3) is 4.56. The molecule has 0 unspecified atom stereocenters. The highest BCUT2D eigenvalue weighted by Gasteiger charge is 2.12. The average Bonchev–Trinajstić information content (AvgIpc) is 2.42. The van der Waals surface area contributed by atoms with Gasteiger partial charge in [-0.2, -0.15) is 0 Å². The molecule has 0 spiro atoms. The molecular formula is C15H25N3O. The van der Waals surface area contributed by atoms with Gasteiger partial charge >= 0.3 is 0 Å². The second-order valence-corrected chi connectivity index (χ2v) is 4.60. The van der Waals surface area contributed by atoms with Crippen molar-refractivity contribution in [3.63, 3.8) is 0 Å². The molecule has 0 saturated heterocycles. The zero-order valence-corrected chi connectivity index (χ0v) is 12.1. The van der Waals surface area contributed by atoms with Gasteiger partial charge in [-0.25, -0.2) is 0 Å².